The molecule has 1 aromatic heterocycles. The number of amides is 1. The topological polar surface area (TPSA) is 173 Å². The van der Waals surface area contributed by atoms with Gasteiger partial charge < -0.3 is 15.6 Å². The number of nitrogens with two attached hydrogens (primary N) is 1. The average Bonchev–Trinajstić information content (AvgIpc) is 3.48. The first-order chi connectivity index (χ1) is 17.3. The predicted octanol–water partition coefficient (Wildman–Crippen LogP) is 2.20. The summed E-state index contributed by atoms with van der Waals surface area (Å²) in [4.78, 5) is 31.0. The molecule has 5 atom stereocenters. The van der Waals surface area contributed by atoms with Crippen LogP contribution < -0.4 is 5.73 Å². The van der Waals surface area contributed by atoms with E-state index in [0.29, 0.717) is 6.07 Å². The van der Waals surface area contributed by atoms with Crippen molar-refractivity contribution < 1.29 is 41.0 Å². The zero-order valence-electron chi connectivity index (χ0n) is 19.3. The average molecular weight is 539 g/mol. The number of sulfone groups is 1. The molecule has 3 N–H and O–H groups in total. The van der Waals surface area contributed by atoms with Crippen molar-refractivity contribution in [3.8, 4) is 17.2 Å². The maximum Gasteiger partial charge on any atom is 0.417 e. The highest BCUT2D eigenvalue weighted by Crippen LogP contribution is 2.66. The summed E-state index contributed by atoms with van der Waals surface area (Å²) in [6.07, 6.45) is -3.95. The number of halogens is 3. The Bertz CT molecular complexity index is 1410. The van der Waals surface area contributed by atoms with Gasteiger partial charge in [-0.15, -0.1) is 0 Å². The summed E-state index contributed by atoms with van der Waals surface area (Å²) in [6, 6.07) is 4.42. The minimum atomic E-state index is -5.06. The Labute approximate surface area is 209 Å². The zero-order chi connectivity index (χ0) is 27.4. The first-order valence-electron chi connectivity index (χ1n) is 10.9. The summed E-state index contributed by atoms with van der Waals surface area (Å²) in [7, 11) is -3.63. The molecule has 2 aliphatic rings. The molecule has 2 saturated carbocycles. The summed E-state index contributed by atoms with van der Waals surface area (Å²) in [5.74, 6) is -3.73. The van der Waals surface area contributed by atoms with E-state index in [2.05, 4.69) is 9.97 Å². The number of aliphatic carboxylic acids is 1. The molecule has 37 heavy (non-hydrogen) atoms. The SMILES string of the molecule is CO[C@H]1C[C@@H](S(=O)(=O)c2ccc(-c3cncnc3)cc2C(F)(F)F)C[C@]1(C(=O)O)C1CC1(C#N)C(N)=O. The second-order valence-electron chi connectivity index (χ2n) is 9.22. The standard InChI is InChI=1S/C23H21F3N4O6S/c1-36-18-5-14(6-22(18,20(32)33)17-7-21(17,10-27)19(28)31)37(34,35)16-3-2-12(4-15(16)23(24,25)26)13-8-29-11-30-9-13/h2-4,8-9,11,14,17-18H,5-7H2,1H3,(H2,28,31)(H,32,33)/t14-,17?,18+,21?,22+/m1/s1. The molecule has 0 aliphatic heterocycles. The summed E-state index contributed by atoms with van der Waals surface area (Å²) < 4.78 is 74.7. The fourth-order valence-electron chi connectivity index (χ4n) is 5.47. The number of carboxylic acids is 1. The van der Waals surface area contributed by atoms with E-state index in [4.69, 9.17) is 10.5 Å². The number of primary amides is 1. The molecule has 196 valence electrons. The Morgan fingerprint density at radius 3 is 2.35 bits per heavy atom. The van der Waals surface area contributed by atoms with Gasteiger partial charge in [0.25, 0.3) is 0 Å². The molecule has 0 spiro atoms. The van der Waals surface area contributed by atoms with Gasteiger partial charge in [0.2, 0.25) is 5.91 Å². The predicted molar refractivity (Wildman–Crippen MR) is 119 cm³/mol. The van der Waals surface area contributed by atoms with E-state index in [1.807, 2.05) is 0 Å². The Morgan fingerprint density at radius 2 is 1.86 bits per heavy atom. The summed E-state index contributed by atoms with van der Waals surface area (Å²) in [6.45, 7) is 0. The maximum atomic E-state index is 14.1. The number of methoxy groups -OCH3 is 1. The molecular formula is C23H21F3N4O6S. The molecule has 0 radical (unpaired) electrons. The van der Waals surface area contributed by atoms with Gasteiger partial charge in [-0.2, -0.15) is 18.4 Å². The van der Waals surface area contributed by atoms with Crippen LogP contribution in [0.3, 0.4) is 0 Å². The molecular weight excluding hydrogens is 517 g/mol. The molecule has 2 unspecified atom stereocenters. The van der Waals surface area contributed by atoms with Crippen molar-refractivity contribution >= 4 is 21.7 Å². The first kappa shape index (κ1) is 26.5. The molecule has 14 heteroatoms. The quantitative estimate of drug-likeness (QED) is 0.536. The van der Waals surface area contributed by atoms with Gasteiger partial charge in [0.15, 0.2) is 9.84 Å². The van der Waals surface area contributed by atoms with Gasteiger partial charge in [-0.3, -0.25) is 9.59 Å². The van der Waals surface area contributed by atoms with Crippen LogP contribution >= 0.6 is 0 Å². The van der Waals surface area contributed by atoms with E-state index in [0.717, 1.165) is 13.2 Å². The molecule has 2 fully saturated rings. The van der Waals surface area contributed by atoms with Crippen LogP contribution in [-0.2, 0) is 30.3 Å². The fourth-order valence-corrected chi connectivity index (χ4v) is 7.49. The highest BCUT2D eigenvalue weighted by molar-refractivity contribution is 7.92. The van der Waals surface area contributed by atoms with Crippen molar-refractivity contribution in [2.24, 2.45) is 22.5 Å². The van der Waals surface area contributed by atoms with Crippen molar-refractivity contribution in [3.05, 3.63) is 42.5 Å². The van der Waals surface area contributed by atoms with Crippen LogP contribution in [0.1, 0.15) is 24.8 Å². The summed E-state index contributed by atoms with van der Waals surface area (Å²) in [5, 5.41) is 18.1. The van der Waals surface area contributed by atoms with E-state index in [9.17, 15) is 41.5 Å². The molecule has 0 bridgehead atoms. The number of hydrogen-bond acceptors (Lipinski definition) is 8. The third-order valence-electron chi connectivity index (χ3n) is 7.45. The Hall–Kier alpha value is -3.57. The molecule has 4 rings (SSSR count). The number of ether oxygens (including phenoxy) is 1. The van der Waals surface area contributed by atoms with Crippen molar-refractivity contribution in [3.63, 3.8) is 0 Å². The first-order valence-corrected chi connectivity index (χ1v) is 12.5. The normalized spacial score (nSPS) is 29.4. The lowest BCUT2D eigenvalue weighted by Crippen LogP contribution is -2.44. The second kappa shape index (κ2) is 8.77. The van der Waals surface area contributed by atoms with Gasteiger partial charge in [-0.25, -0.2) is 18.4 Å². The zero-order valence-corrected chi connectivity index (χ0v) is 20.1. The summed E-state index contributed by atoms with van der Waals surface area (Å²) in [5.41, 5.74) is 0.335. The summed E-state index contributed by atoms with van der Waals surface area (Å²) >= 11 is 0. The van der Waals surface area contributed by atoms with Crippen molar-refractivity contribution in [2.45, 2.75) is 41.7 Å². The van der Waals surface area contributed by atoms with E-state index in [1.165, 1.54) is 24.8 Å². The van der Waals surface area contributed by atoms with Crippen LogP contribution in [0.15, 0.2) is 41.8 Å². The highest BCUT2D eigenvalue weighted by Gasteiger charge is 2.75. The van der Waals surface area contributed by atoms with Crippen LogP contribution in [0, 0.1) is 28.1 Å². The molecule has 1 heterocycles. The van der Waals surface area contributed by atoms with E-state index < -0.39 is 79.3 Å². The number of benzene rings is 1. The lowest BCUT2D eigenvalue weighted by molar-refractivity contribution is -0.159. The van der Waals surface area contributed by atoms with Crippen LogP contribution in [0.5, 0.6) is 0 Å². The van der Waals surface area contributed by atoms with Crippen molar-refractivity contribution in [2.75, 3.05) is 7.11 Å². The number of nitriles is 1. The minimum absolute atomic E-state index is 0.0335. The lowest BCUT2D eigenvalue weighted by Gasteiger charge is -2.31. The van der Waals surface area contributed by atoms with Crippen LogP contribution in [-0.4, -0.2) is 53.8 Å². The number of carbonyl (C=O) groups excluding carboxylic acids is 1. The second-order valence-corrected chi connectivity index (χ2v) is 11.4. The lowest BCUT2D eigenvalue weighted by atomic mass is 9.75. The number of carboxylic acid groups (broad SMARTS) is 1. The van der Waals surface area contributed by atoms with Gasteiger partial charge in [0, 0.05) is 31.0 Å². The van der Waals surface area contributed by atoms with Crippen LogP contribution in [0.25, 0.3) is 11.1 Å². The number of carbonyl (C=O) groups is 2. The number of hydrogen-bond donors (Lipinski definition) is 2. The number of rotatable bonds is 7. The van der Waals surface area contributed by atoms with E-state index in [-0.39, 0.29) is 17.5 Å². The fraction of sp³-hybridized carbons (Fsp3) is 0.435. The van der Waals surface area contributed by atoms with Gasteiger partial charge in [0.05, 0.1) is 27.9 Å². The third-order valence-corrected chi connectivity index (χ3v) is 9.65. The minimum Gasteiger partial charge on any atom is -0.481 e. The molecule has 10 nitrogen and oxygen atoms in total. The largest absolute Gasteiger partial charge is 0.481 e. The van der Waals surface area contributed by atoms with Gasteiger partial charge in [0.1, 0.15) is 17.2 Å². The van der Waals surface area contributed by atoms with Crippen molar-refractivity contribution in [1.29, 1.82) is 5.26 Å². The monoisotopic (exact) mass is 538 g/mol. The third kappa shape index (κ3) is 4.02. The highest BCUT2D eigenvalue weighted by atomic mass is 32.2. The number of alkyl halides is 3. The van der Waals surface area contributed by atoms with E-state index >= 15 is 0 Å². The molecule has 1 amide bonds. The molecule has 2 aliphatic carbocycles. The maximum absolute atomic E-state index is 14.1. The Morgan fingerprint density at radius 1 is 1.22 bits per heavy atom. The van der Waals surface area contributed by atoms with Crippen molar-refractivity contribution in [1.82, 2.24) is 9.97 Å². The number of aromatic nitrogens is 2. The van der Waals surface area contributed by atoms with Crippen LogP contribution in [0.2, 0.25) is 0 Å². The Balaban J connectivity index is 1.80. The number of nitrogens with zero attached hydrogens (tertiary/aromatic N) is 3. The molecule has 2 aromatic rings. The smallest absolute Gasteiger partial charge is 0.417 e. The molecule has 1 aromatic carbocycles. The van der Waals surface area contributed by atoms with Gasteiger partial charge in [-0.1, -0.05) is 6.07 Å². The van der Waals surface area contributed by atoms with Gasteiger partial charge in [-0.05, 0) is 37.0 Å². The van der Waals surface area contributed by atoms with Crippen LogP contribution in [0.4, 0.5) is 13.2 Å². The van der Waals surface area contributed by atoms with E-state index in [1.54, 1.807) is 6.07 Å². The Kier molecular flexibility index (Phi) is 6.28. The molecule has 0 saturated heterocycles. The van der Waals surface area contributed by atoms with Gasteiger partial charge >= 0.3 is 12.1 Å².